The highest BCUT2D eigenvalue weighted by Gasteiger charge is 2.25. The third-order valence-corrected chi connectivity index (χ3v) is 5.40. The van der Waals surface area contributed by atoms with Gasteiger partial charge in [-0.2, -0.15) is 0 Å². The summed E-state index contributed by atoms with van der Waals surface area (Å²) in [6, 6.07) is 17.6. The minimum absolute atomic E-state index is 0.0235. The number of esters is 2. The van der Waals surface area contributed by atoms with Crippen molar-refractivity contribution < 1.29 is 28.7 Å². The van der Waals surface area contributed by atoms with Crippen LogP contribution in [0.2, 0.25) is 0 Å². The van der Waals surface area contributed by atoms with E-state index in [-0.39, 0.29) is 23.0 Å². The fourth-order valence-corrected chi connectivity index (χ4v) is 3.59. The maximum Gasteiger partial charge on any atom is 0.363 e. The van der Waals surface area contributed by atoms with E-state index in [0.717, 1.165) is 6.08 Å². The molecular formula is C26H17BrN2O7. The van der Waals surface area contributed by atoms with Gasteiger partial charge in [0.2, 0.25) is 5.90 Å². The number of nitro groups is 1. The molecule has 0 amide bonds. The number of halogens is 1. The van der Waals surface area contributed by atoms with E-state index in [0.29, 0.717) is 26.9 Å². The van der Waals surface area contributed by atoms with Gasteiger partial charge >= 0.3 is 11.9 Å². The molecule has 0 aromatic heterocycles. The summed E-state index contributed by atoms with van der Waals surface area (Å²) >= 11 is 3.37. The molecule has 3 aromatic rings. The van der Waals surface area contributed by atoms with Crippen LogP contribution in [-0.2, 0) is 14.3 Å². The van der Waals surface area contributed by atoms with E-state index >= 15 is 0 Å². The first-order valence-electron chi connectivity index (χ1n) is 10.4. The minimum Gasteiger partial charge on any atom is -0.497 e. The lowest BCUT2D eigenvalue weighted by molar-refractivity contribution is -0.384. The molecule has 36 heavy (non-hydrogen) atoms. The Bertz CT molecular complexity index is 1460. The minimum atomic E-state index is -0.710. The molecule has 1 heterocycles. The molecular weight excluding hydrogens is 532 g/mol. The number of hydrogen-bond donors (Lipinski definition) is 0. The van der Waals surface area contributed by atoms with E-state index in [1.165, 1.54) is 37.5 Å². The average molecular weight is 549 g/mol. The molecule has 180 valence electrons. The number of non-ortho nitro benzene ring substituents is 1. The summed E-state index contributed by atoms with van der Waals surface area (Å²) in [7, 11) is 1.53. The third kappa shape index (κ3) is 5.91. The molecule has 0 aliphatic carbocycles. The van der Waals surface area contributed by atoms with Crippen molar-refractivity contribution in [3.63, 3.8) is 0 Å². The Morgan fingerprint density at radius 2 is 1.92 bits per heavy atom. The van der Waals surface area contributed by atoms with E-state index in [9.17, 15) is 19.7 Å². The first-order valence-corrected chi connectivity index (χ1v) is 11.2. The lowest BCUT2D eigenvalue weighted by Gasteiger charge is -2.06. The number of methoxy groups -OCH3 is 1. The Labute approximate surface area is 213 Å². The number of rotatable bonds is 7. The summed E-state index contributed by atoms with van der Waals surface area (Å²) in [6.07, 6.45) is 4.01. The number of hydrogen-bond acceptors (Lipinski definition) is 8. The van der Waals surface area contributed by atoms with Gasteiger partial charge in [0.25, 0.3) is 5.69 Å². The number of benzene rings is 3. The van der Waals surface area contributed by atoms with Crippen molar-refractivity contribution in [2.24, 2.45) is 4.99 Å². The molecule has 0 spiro atoms. The highest BCUT2D eigenvalue weighted by Crippen LogP contribution is 2.28. The molecule has 0 saturated carbocycles. The van der Waals surface area contributed by atoms with Crippen LogP contribution < -0.4 is 9.47 Å². The Balaban J connectivity index is 1.57. The molecule has 0 saturated heterocycles. The Morgan fingerprint density at radius 1 is 1.11 bits per heavy atom. The number of ether oxygens (including phenoxy) is 3. The van der Waals surface area contributed by atoms with E-state index < -0.39 is 16.9 Å². The van der Waals surface area contributed by atoms with E-state index in [2.05, 4.69) is 20.9 Å². The quantitative estimate of drug-likeness (QED) is 0.129. The van der Waals surface area contributed by atoms with E-state index in [4.69, 9.17) is 14.2 Å². The SMILES string of the molecule is COc1cccc(C2=N/C(=C\c3cc(Br)ccc3OC(=O)/C=C/c3cccc([N+](=O)[O-])c3)C(=O)O2)c1. The van der Waals surface area contributed by atoms with Crippen LogP contribution in [-0.4, -0.2) is 29.9 Å². The van der Waals surface area contributed by atoms with Crippen LogP contribution in [0.5, 0.6) is 11.5 Å². The third-order valence-electron chi connectivity index (χ3n) is 4.90. The second-order valence-corrected chi connectivity index (χ2v) is 8.27. The molecule has 0 atom stereocenters. The molecule has 10 heteroatoms. The number of carbonyl (C=O) groups excluding carboxylic acids is 2. The molecule has 0 unspecified atom stereocenters. The maximum absolute atomic E-state index is 12.5. The van der Waals surface area contributed by atoms with Crippen molar-refractivity contribution >= 4 is 51.6 Å². The molecule has 1 aliphatic heterocycles. The van der Waals surface area contributed by atoms with Crippen molar-refractivity contribution in [1.29, 1.82) is 0 Å². The first kappa shape index (κ1) is 24.6. The summed E-state index contributed by atoms with van der Waals surface area (Å²) in [5.74, 6) is -0.479. The standard InChI is InChI=1S/C26H17BrN2O7/c1-34-21-7-3-5-17(14-21)25-28-22(26(31)36-25)15-18-13-19(27)9-10-23(18)35-24(30)11-8-16-4-2-6-20(12-16)29(32)33/h2-15H,1H3/b11-8+,22-15-. The predicted molar refractivity (Wildman–Crippen MR) is 136 cm³/mol. The summed E-state index contributed by atoms with van der Waals surface area (Å²) in [6.45, 7) is 0. The first-order chi connectivity index (χ1) is 17.3. The lowest BCUT2D eigenvalue weighted by Crippen LogP contribution is -2.06. The van der Waals surface area contributed by atoms with Gasteiger partial charge in [0.05, 0.1) is 12.0 Å². The number of nitrogens with zero attached hydrogens (tertiary/aromatic N) is 2. The van der Waals surface area contributed by atoms with Gasteiger partial charge in [-0.05, 0) is 54.1 Å². The predicted octanol–water partition coefficient (Wildman–Crippen LogP) is 5.33. The van der Waals surface area contributed by atoms with Crippen LogP contribution in [0.25, 0.3) is 12.2 Å². The molecule has 0 bridgehead atoms. The zero-order valence-corrected chi connectivity index (χ0v) is 20.3. The van der Waals surface area contributed by atoms with Gasteiger partial charge in [-0.25, -0.2) is 14.6 Å². The van der Waals surface area contributed by atoms with Crippen LogP contribution >= 0.6 is 15.9 Å². The van der Waals surface area contributed by atoms with Crippen molar-refractivity contribution in [2.75, 3.05) is 7.11 Å². The lowest BCUT2D eigenvalue weighted by atomic mass is 10.1. The molecule has 3 aromatic carbocycles. The zero-order valence-electron chi connectivity index (χ0n) is 18.7. The van der Waals surface area contributed by atoms with Gasteiger partial charge < -0.3 is 14.2 Å². The molecule has 0 N–H and O–H groups in total. The van der Waals surface area contributed by atoms with Gasteiger partial charge in [0, 0.05) is 33.8 Å². The number of aliphatic imine (C=N–C) groups is 1. The van der Waals surface area contributed by atoms with E-state index in [1.807, 2.05) is 0 Å². The van der Waals surface area contributed by atoms with Crippen LogP contribution in [0.4, 0.5) is 5.69 Å². The van der Waals surface area contributed by atoms with Gasteiger partial charge in [0.1, 0.15) is 11.5 Å². The zero-order chi connectivity index (χ0) is 25.7. The van der Waals surface area contributed by atoms with Gasteiger partial charge in [0.15, 0.2) is 5.70 Å². The monoisotopic (exact) mass is 548 g/mol. The Kier molecular flexibility index (Phi) is 7.36. The van der Waals surface area contributed by atoms with E-state index in [1.54, 1.807) is 48.5 Å². The molecule has 9 nitrogen and oxygen atoms in total. The Hall–Kier alpha value is -4.57. The highest BCUT2D eigenvalue weighted by molar-refractivity contribution is 9.10. The molecule has 1 aliphatic rings. The molecule has 0 radical (unpaired) electrons. The van der Waals surface area contributed by atoms with Gasteiger partial charge in [-0.15, -0.1) is 0 Å². The second kappa shape index (κ2) is 10.8. The highest BCUT2D eigenvalue weighted by atomic mass is 79.9. The van der Waals surface area contributed by atoms with Crippen LogP contribution in [0.3, 0.4) is 0 Å². The van der Waals surface area contributed by atoms with Gasteiger partial charge in [-0.3, -0.25) is 10.1 Å². The second-order valence-electron chi connectivity index (χ2n) is 7.36. The number of nitro benzene ring substituents is 1. The summed E-state index contributed by atoms with van der Waals surface area (Å²) < 4.78 is 16.6. The summed E-state index contributed by atoms with van der Waals surface area (Å²) in [5.41, 5.74) is 1.37. The van der Waals surface area contributed by atoms with Crippen molar-refractivity contribution in [3.8, 4) is 11.5 Å². The van der Waals surface area contributed by atoms with Crippen molar-refractivity contribution in [3.05, 3.63) is 110 Å². The number of carbonyl (C=O) groups is 2. The summed E-state index contributed by atoms with van der Waals surface area (Å²) in [4.78, 5) is 39.6. The van der Waals surface area contributed by atoms with Crippen LogP contribution in [0, 0.1) is 10.1 Å². The molecule has 4 rings (SSSR count). The Morgan fingerprint density at radius 3 is 2.69 bits per heavy atom. The number of cyclic esters (lactones) is 1. The fraction of sp³-hybridized carbons (Fsp3) is 0.0385. The maximum atomic E-state index is 12.5. The largest absolute Gasteiger partial charge is 0.497 e. The fourth-order valence-electron chi connectivity index (χ4n) is 3.21. The van der Waals surface area contributed by atoms with Gasteiger partial charge in [-0.1, -0.05) is 34.1 Å². The summed E-state index contributed by atoms with van der Waals surface area (Å²) in [5, 5.41) is 10.9. The van der Waals surface area contributed by atoms with Crippen molar-refractivity contribution in [1.82, 2.24) is 0 Å². The normalized spacial score (nSPS) is 14.0. The van der Waals surface area contributed by atoms with Crippen LogP contribution in [0.15, 0.2) is 88.0 Å². The average Bonchev–Trinajstić information content (AvgIpc) is 3.24. The van der Waals surface area contributed by atoms with Crippen molar-refractivity contribution in [2.45, 2.75) is 0 Å². The van der Waals surface area contributed by atoms with Crippen LogP contribution in [0.1, 0.15) is 16.7 Å². The molecule has 0 fully saturated rings. The smallest absolute Gasteiger partial charge is 0.363 e. The topological polar surface area (TPSA) is 117 Å².